The van der Waals surface area contributed by atoms with Gasteiger partial charge in [0.15, 0.2) is 11.5 Å². The third kappa shape index (κ3) is 2.58. The first-order valence-electron chi connectivity index (χ1n) is 8.24. The van der Waals surface area contributed by atoms with Gasteiger partial charge in [-0.1, -0.05) is 36.8 Å². The summed E-state index contributed by atoms with van der Waals surface area (Å²) in [4.78, 5) is 2.49. The van der Waals surface area contributed by atoms with E-state index < -0.39 is 0 Å². The molecule has 120 valence electrons. The van der Waals surface area contributed by atoms with Crippen molar-refractivity contribution < 1.29 is 9.47 Å². The van der Waals surface area contributed by atoms with Crippen LogP contribution in [0.1, 0.15) is 24.5 Å². The molecule has 0 bridgehead atoms. The van der Waals surface area contributed by atoms with Crippen molar-refractivity contribution in [3.63, 3.8) is 0 Å². The molecule has 0 radical (unpaired) electrons. The molecule has 0 saturated heterocycles. The van der Waals surface area contributed by atoms with E-state index in [1.165, 1.54) is 16.8 Å². The van der Waals surface area contributed by atoms with Gasteiger partial charge in [-0.3, -0.25) is 0 Å². The number of fused-ring (bicyclic) bond motifs is 2. The van der Waals surface area contributed by atoms with Crippen LogP contribution in [-0.2, 0) is 6.54 Å². The molecule has 0 aromatic heterocycles. The lowest BCUT2D eigenvalue weighted by molar-refractivity contribution is 0.174. The lowest BCUT2D eigenvalue weighted by atomic mass is 10.0. The smallest absolute Gasteiger partial charge is 0.231 e. The molecule has 2 aromatic carbocycles. The van der Waals surface area contributed by atoms with Gasteiger partial charge in [-0.15, -0.1) is 0 Å². The molecule has 0 amide bonds. The van der Waals surface area contributed by atoms with Crippen molar-refractivity contribution in [1.82, 2.24) is 0 Å². The third-order valence-corrected chi connectivity index (χ3v) is 4.68. The Hall–Kier alpha value is -2.36. The quantitative estimate of drug-likeness (QED) is 0.931. The lowest BCUT2D eigenvalue weighted by Crippen LogP contribution is -2.43. The van der Waals surface area contributed by atoms with Crippen molar-refractivity contribution in [3.8, 4) is 11.5 Å². The maximum atomic E-state index is 5.57. The fraction of sp³-hybridized carbons (Fsp3) is 0.368. The average molecular weight is 310 g/mol. The summed E-state index contributed by atoms with van der Waals surface area (Å²) in [5.41, 5.74) is 4.98. The second kappa shape index (κ2) is 5.69. The van der Waals surface area contributed by atoms with Crippen LogP contribution in [0.5, 0.6) is 11.5 Å². The molecule has 0 spiro atoms. The molecule has 4 heteroatoms. The van der Waals surface area contributed by atoms with Crippen molar-refractivity contribution in [3.05, 3.63) is 47.5 Å². The van der Waals surface area contributed by atoms with Crippen molar-refractivity contribution in [2.45, 2.75) is 32.9 Å². The van der Waals surface area contributed by atoms with Crippen LogP contribution in [0.3, 0.4) is 0 Å². The third-order valence-electron chi connectivity index (χ3n) is 4.68. The van der Waals surface area contributed by atoms with E-state index in [9.17, 15) is 0 Å². The van der Waals surface area contributed by atoms with E-state index in [1.54, 1.807) is 0 Å². The Bertz CT molecular complexity index is 729. The van der Waals surface area contributed by atoms with Gasteiger partial charge >= 0.3 is 0 Å². The van der Waals surface area contributed by atoms with E-state index in [0.717, 1.165) is 36.7 Å². The molecule has 23 heavy (non-hydrogen) atoms. The number of ether oxygens (including phenoxy) is 2. The Balaban J connectivity index is 1.72. The molecule has 2 aliphatic heterocycles. The normalized spacial score (nSPS) is 18.5. The zero-order valence-electron chi connectivity index (χ0n) is 13.6. The first kappa shape index (κ1) is 14.2. The molecule has 0 aliphatic carbocycles. The maximum absolute atomic E-state index is 5.57. The Morgan fingerprint density at radius 2 is 2.00 bits per heavy atom. The summed E-state index contributed by atoms with van der Waals surface area (Å²) >= 11 is 0. The topological polar surface area (TPSA) is 33.7 Å². The van der Waals surface area contributed by atoms with Crippen LogP contribution in [0.2, 0.25) is 0 Å². The highest BCUT2D eigenvalue weighted by molar-refractivity contribution is 5.77. The molecule has 0 fully saturated rings. The summed E-state index contributed by atoms with van der Waals surface area (Å²) in [5.74, 6) is 1.68. The van der Waals surface area contributed by atoms with Crippen LogP contribution in [-0.4, -0.2) is 19.4 Å². The fourth-order valence-electron chi connectivity index (χ4n) is 3.43. The molecule has 0 saturated carbocycles. The molecular weight excluding hydrogens is 288 g/mol. The van der Waals surface area contributed by atoms with Crippen LogP contribution in [0.15, 0.2) is 36.4 Å². The monoisotopic (exact) mass is 310 g/mol. The number of nitrogens with one attached hydrogen (secondary N) is 1. The predicted octanol–water partition coefficient (Wildman–Crippen LogP) is 3.93. The minimum Gasteiger partial charge on any atom is -0.454 e. The number of benzene rings is 2. The van der Waals surface area contributed by atoms with Crippen molar-refractivity contribution in [2.24, 2.45) is 0 Å². The summed E-state index contributed by atoms with van der Waals surface area (Å²) < 4.78 is 11.1. The number of aryl methyl sites for hydroxylation is 1. The zero-order chi connectivity index (χ0) is 15.8. The standard InChI is InChI=1S/C19H22N2O2/c1-3-15-10-20-16-8-18-19(23-12-22-18)9-17(16)21(15)11-14-6-4-5-13(2)7-14/h4-9,15,20H,3,10-12H2,1-2H3. The number of hydrogen-bond acceptors (Lipinski definition) is 4. The fourth-order valence-corrected chi connectivity index (χ4v) is 3.43. The number of anilines is 2. The number of rotatable bonds is 3. The van der Waals surface area contributed by atoms with E-state index in [1.807, 2.05) is 0 Å². The summed E-state index contributed by atoms with van der Waals surface area (Å²) in [6.45, 7) is 6.56. The highest BCUT2D eigenvalue weighted by Crippen LogP contribution is 2.44. The minimum absolute atomic E-state index is 0.313. The van der Waals surface area contributed by atoms with Gasteiger partial charge in [-0.25, -0.2) is 0 Å². The van der Waals surface area contributed by atoms with Gasteiger partial charge in [0, 0.05) is 31.3 Å². The average Bonchev–Trinajstić information content (AvgIpc) is 3.01. The Labute approximate surface area is 137 Å². The maximum Gasteiger partial charge on any atom is 0.231 e. The summed E-state index contributed by atoms with van der Waals surface area (Å²) in [5, 5.41) is 3.54. The van der Waals surface area contributed by atoms with E-state index in [-0.39, 0.29) is 0 Å². The molecule has 2 heterocycles. The van der Waals surface area contributed by atoms with Crippen molar-refractivity contribution >= 4 is 11.4 Å². The van der Waals surface area contributed by atoms with Gasteiger partial charge in [0.1, 0.15) is 0 Å². The first-order valence-corrected chi connectivity index (χ1v) is 8.24. The summed E-state index contributed by atoms with van der Waals surface area (Å²) in [6, 6.07) is 13.4. The van der Waals surface area contributed by atoms with Crippen LogP contribution in [0, 0.1) is 6.92 Å². The number of hydrogen-bond donors (Lipinski definition) is 1. The van der Waals surface area contributed by atoms with Gasteiger partial charge in [-0.2, -0.15) is 0 Å². The van der Waals surface area contributed by atoms with Crippen molar-refractivity contribution in [2.75, 3.05) is 23.6 Å². The van der Waals surface area contributed by atoms with Crippen LogP contribution in [0.4, 0.5) is 11.4 Å². The largest absolute Gasteiger partial charge is 0.454 e. The first-order chi connectivity index (χ1) is 11.2. The second-order valence-corrected chi connectivity index (χ2v) is 6.28. The summed E-state index contributed by atoms with van der Waals surface area (Å²) in [7, 11) is 0. The molecule has 1 atom stereocenters. The highest BCUT2D eigenvalue weighted by atomic mass is 16.7. The van der Waals surface area contributed by atoms with Crippen LogP contribution < -0.4 is 19.7 Å². The molecule has 2 aromatic rings. The van der Waals surface area contributed by atoms with E-state index in [0.29, 0.717) is 12.8 Å². The summed E-state index contributed by atoms with van der Waals surface area (Å²) in [6.07, 6.45) is 1.10. The van der Waals surface area contributed by atoms with Crippen molar-refractivity contribution in [1.29, 1.82) is 0 Å². The van der Waals surface area contributed by atoms with Crippen LogP contribution in [0.25, 0.3) is 0 Å². The second-order valence-electron chi connectivity index (χ2n) is 6.28. The zero-order valence-corrected chi connectivity index (χ0v) is 13.6. The SMILES string of the molecule is CCC1CNc2cc3c(cc2N1Cc1cccc(C)c1)OCO3. The Morgan fingerprint density at radius 3 is 2.78 bits per heavy atom. The lowest BCUT2D eigenvalue weighted by Gasteiger charge is -2.39. The van der Waals surface area contributed by atoms with E-state index >= 15 is 0 Å². The molecule has 4 rings (SSSR count). The Morgan fingerprint density at radius 1 is 1.17 bits per heavy atom. The van der Waals surface area contributed by atoms with Gasteiger partial charge < -0.3 is 19.7 Å². The molecule has 1 unspecified atom stereocenters. The number of nitrogens with zero attached hydrogens (tertiary/aromatic N) is 1. The van der Waals surface area contributed by atoms with Crippen LogP contribution >= 0.6 is 0 Å². The molecule has 1 N–H and O–H groups in total. The Kier molecular flexibility index (Phi) is 3.52. The van der Waals surface area contributed by atoms with Gasteiger partial charge in [0.05, 0.1) is 11.4 Å². The molecular formula is C19H22N2O2. The highest BCUT2D eigenvalue weighted by Gasteiger charge is 2.28. The minimum atomic E-state index is 0.313. The molecule has 2 aliphatic rings. The van der Waals surface area contributed by atoms with Gasteiger partial charge in [0.25, 0.3) is 0 Å². The van der Waals surface area contributed by atoms with Gasteiger partial charge in [-0.05, 0) is 18.9 Å². The predicted molar refractivity (Wildman–Crippen MR) is 92.5 cm³/mol. The molecule has 4 nitrogen and oxygen atoms in total. The van der Waals surface area contributed by atoms with E-state index in [2.05, 4.69) is 60.5 Å². The van der Waals surface area contributed by atoms with Gasteiger partial charge in [0.2, 0.25) is 6.79 Å². The van der Waals surface area contributed by atoms with E-state index in [4.69, 9.17) is 9.47 Å².